The van der Waals surface area contributed by atoms with Gasteiger partial charge in [-0.05, 0) is 30.7 Å². The largest absolute Gasteiger partial charge is 0.465 e. The van der Waals surface area contributed by atoms with Crippen LogP contribution in [0.4, 0.5) is 5.69 Å². The zero-order chi connectivity index (χ0) is 13.9. The van der Waals surface area contributed by atoms with Crippen molar-refractivity contribution < 1.29 is 9.21 Å². The summed E-state index contributed by atoms with van der Waals surface area (Å²) in [4.78, 5) is 12.0. The first-order chi connectivity index (χ1) is 9.72. The van der Waals surface area contributed by atoms with E-state index in [0.717, 1.165) is 23.8 Å². The lowest BCUT2D eigenvalue weighted by atomic mass is 9.97. The van der Waals surface area contributed by atoms with Crippen LogP contribution < -0.4 is 10.6 Å². The molecule has 1 amide bonds. The maximum Gasteiger partial charge on any atom is 0.221 e. The fourth-order valence-electron chi connectivity index (χ4n) is 2.60. The lowest BCUT2D eigenvalue weighted by Gasteiger charge is -2.10. The van der Waals surface area contributed by atoms with Crippen molar-refractivity contribution in [2.45, 2.75) is 25.8 Å². The molecule has 0 radical (unpaired) electrons. The van der Waals surface area contributed by atoms with E-state index in [1.807, 2.05) is 31.2 Å². The number of fused-ring (bicyclic) bond motifs is 1. The molecule has 0 fully saturated rings. The van der Waals surface area contributed by atoms with Gasteiger partial charge < -0.3 is 15.1 Å². The lowest BCUT2D eigenvalue weighted by Crippen LogP contribution is -2.24. The Hall–Kier alpha value is -2.23. The molecule has 0 aliphatic carbocycles. The van der Waals surface area contributed by atoms with Crippen molar-refractivity contribution in [3.63, 3.8) is 0 Å². The van der Waals surface area contributed by atoms with Gasteiger partial charge in [-0.15, -0.1) is 0 Å². The molecule has 1 aromatic heterocycles. The molecule has 4 nitrogen and oxygen atoms in total. The Bertz CT molecular complexity index is 618. The summed E-state index contributed by atoms with van der Waals surface area (Å²) in [5, 5.41) is 6.24. The van der Waals surface area contributed by atoms with Gasteiger partial charge in [0.15, 0.2) is 0 Å². The summed E-state index contributed by atoms with van der Waals surface area (Å²) in [6.45, 7) is 3.17. The smallest absolute Gasteiger partial charge is 0.221 e. The van der Waals surface area contributed by atoms with E-state index in [2.05, 4.69) is 22.8 Å². The fourth-order valence-corrected chi connectivity index (χ4v) is 2.60. The molecule has 1 aliphatic heterocycles. The molecule has 2 N–H and O–H groups in total. The van der Waals surface area contributed by atoms with Crippen molar-refractivity contribution in [3.05, 3.63) is 53.5 Å². The molecule has 20 heavy (non-hydrogen) atoms. The average molecular weight is 270 g/mol. The molecule has 0 spiro atoms. The van der Waals surface area contributed by atoms with Crippen LogP contribution in [0.25, 0.3) is 0 Å². The van der Waals surface area contributed by atoms with Crippen LogP contribution in [-0.2, 0) is 11.3 Å². The number of rotatable bonds is 4. The second kappa shape index (κ2) is 5.41. The molecular weight excluding hydrogens is 252 g/mol. The quantitative estimate of drug-likeness (QED) is 0.898. The van der Waals surface area contributed by atoms with E-state index in [-0.39, 0.29) is 11.8 Å². The Morgan fingerprint density at radius 1 is 1.35 bits per heavy atom. The third-order valence-corrected chi connectivity index (χ3v) is 3.63. The number of aryl methyl sites for hydroxylation is 1. The van der Waals surface area contributed by atoms with E-state index in [9.17, 15) is 4.79 Å². The minimum Gasteiger partial charge on any atom is -0.465 e. The summed E-state index contributed by atoms with van der Waals surface area (Å²) in [5.41, 5.74) is 2.38. The van der Waals surface area contributed by atoms with Gasteiger partial charge in [-0.1, -0.05) is 18.2 Å². The number of carbonyl (C=O) groups is 1. The number of benzene rings is 1. The summed E-state index contributed by atoms with van der Waals surface area (Å²) >= 11 is 0. The normalized spacial score (nSPS) is 16.6. The molecule has 3 rings (SSSR count). The van der Waals surface area contributed by atoms with Gasteiger partial charge in [-0.3, -0.25) is 4.79 Å². The van der Waals surface area contributed by atoms with E-state index >= 15 is 0 Å². The Labute approximate surface area is 118 Å². The number of amides is 1. The number of anilines is 1. The molecular formula is C16H18N2O2. The zero-order valence-electron chi connectivity index (χ0n) is 11.5. The Morgan fingerprint density at radius 2 is 2.20 bits per heavy atom. The van der Waals surface area contributed by atoms with Crippen molar-refractivity contribution >= 4 is 11.6 Å². The molecule has 104 valence electrons. The van der Waals surface area contributed by atoms with Crippen molar-refractivity contribution in [3.8, 4) is 0 Å². The van der Waals surface area contributed by atoms with E-state index in [1.165, 1.54) is 5.56 Å². The first kappa shape index (κ1) is 12.8. The maximum absolute atomic E-state index is 12.0. The second-order valence-corrected chi connectivity index (χ2v) is 5.16. The summed E-state index contributed by atoms with van der Waals surface area (Å²) < 4.78 is 5.43. The summed E-state index contributed by atoms with van der Waals surface area (Å²) in [6.07, 6.45) is 0.504. The Kier molecular flexibility index (Phi) is 3.46. The van der Waals surface area contributed by atoms with Gasteiger partial charge in [0.1, 0.15) is 11.5 Å². The number of furan rings is 1. The standard InChI is InChI=1S/C16H18N2O2/c1-11-6-7-13(20-11)10-18-16(19)8-12-9-17-15-5-3-2-4-14(12)15/h2-7,12,17H,8-10H2,1H3,(H,18,19). The fraction of sp³-hybridized carbons (Fsp3) is 0.312. The predicted molar refractivity (Wildman–Crippen MR) is 77.6 cm³/mol. The van der Waals surface area contributed by atoms with E-state index in [4.69, 9.17) is 4.42 Å². The van der Waals surface area contributed by atoms with Crippen LogP contribution in [0.3, 0.4) is 0 Å². The van der Waals surface area contributed by atoms with Gasteiger partial charge in [0.25, 0.3) is 0 Å². The summed E-state index contributed by atoms with van der Waals surface area (Å²) in [5.74, 6) is 1.97. The minimum atomic E-state index is 0.0579. The van der Waals surface area contributed by atoms with Crippen LogP contribution in [0.1, 0.15) is 29.4 Å². The number of carbonyl (C=O) groups excluding carboxylic acids is 1. The van der Waals surface area contributed by atoms with Crippen molar-refractivity contribution in [1.29, 1.82) is 0 Å². The maximum atomic E-state index is 12.0. The zero-order valence-corrected chi connectivity index (χ0v) is 11.5. The summed E-state index contributed by atoms with van der Waals surface area (Å²) in [6, 6.07) is 12.0. The molecule has 0 saturated carbocycles. The highest BCUT2D eigenvalue weighted by Crippen LogP contribution is 2.32. The van der Waals surface area contributed by atoms with Gasteiger partial charge >= 0.3 is 0 Å². The average Bonchev–Trinajstić information content (AvgIpc) is 3.04. The Balaban J connectivity index is 1.55. The number of nitrogens with one attached hydrogen (secondary N) is 2. The lowest BCUT2D eigenvalue weighted by molar-refractivity contribution is -0.121. The van der Waals surface area contributed by atoms with Crippen LogP contribution in [0, 0.1) is 6.92 Å². The number of para-hydroxylation sites is 1. The Morgan fingerprint density at radius 3 is 3.00 bits per heavy atom. The van der Waals surface area contributed by atoms with Crippen molar-refractivity contribution in [2.24, 2.45) is 0 Å². The van der Waals surface area contributed by atoms with Crippen molar-refractivity contribution in [2.75, 3.05) is 11.9 Å². The first-order valence-corrected chi connectivity index (χ1v) is 6.87. The minimum absolute atomic E-state index is 0.0579. The van der Waals surface area contributed by atoms with Crippen molar-refractivity contribution in [1.82, 2.24) is 5.32 Å². The molecule has 2 aromatic rings. The number of hydrogen-bond acceptors (Lipinski definition) is 3. The third kappa shape index (κ3) is 2.69. The van der Waals surface area contributed by atoms with Crippen LogP contribution in [0.5, 0.6) is 0 Å². The second-order valence-electron chi connectivity index (χ2n) is 5.16. The third-order valence-electron chi connectivity index (χ3n) is 3.63. The monoisotopic (exact) mass is 270 g/mol. The van der Waals surface area contributed by atoms with Gasteiger partial charge in [0, 0.05) is 24.6 Å². The topological polar surface area (TPSA) is 54.3 Å². The molecule has 4 heteroatoms. The molecule has 0 saturated heterocycles. The van der Waals surface area contributed by atoms with Crippen LogP contribution in [0.15, 0.2) is 40.8 Å². The highest BCUT2D eigenvalue weighted by atomic mass is 16.3. The van der Waals surface area contributed by atoms with Crippen LogP contribution >= 0.6 is 0 Å². The van der Waals surface area contributed by atoms with Crippen LogP contribution in [0.2, 0.25) is 0 Å². The SMILES string of the molecule is Cc1ccc(CNC(=O)CC2CNc3ccccc32)o1. The highest BCUT2D eigenvalue weighted by molar-refractivity contribution is 5.78. The molecule has 1 atom stereocenters. The highest BCUT2D eigenvalue weighted by Gasteiger charge is 2.23. The molecule has 2 heterocycles. The number of hydrogen-bond donors (Lipinski definition) is 2. The predicted octanol–water partition coefficient (Wildman–Crippen LogP) is 2.80. The van der Waals surface area contributed by atoms with Crippen LogP contribution in [-0.4, -0.2) is 12.5 Å². The van der Waals surface area contributed by atoms with E-state index in [1.54, 1.807) is 0 Å². The van der Waals surface area contributed by atoms with Gasteiger partial charge in [0.2, 0.25) is 5.91 Å². The van der Waals surface area contributed by atoms with E-state index in [0.29, 0.717) is 13.0 Å². The first-order valence-electron chi connectivity index (χ1n) is 6.87. The molecule has 1 aromatic carbocycles. The molecule has 1 aliphatic rings. The van der Waals surface area contributed by atoms with E-state index < -0.39 is 0 Å². The molecule has 0 bridgehead atoms. The molecule has 1 unspecified atom stereocenters. The van der Waals surface area contributed by atoms with Gasteiger partial charge in [0.05, 0.1) is 6.54 Å². The summed E-state index contributed by atoms with van der Waals surface area (Å²) in [7, 11) is 0. The van der Waals surface area contributed by atoms with Gasteiger partial charge in [-0.2, -0.15) is 0 Å². The van der Waals surface area contributed by atoms with Gasteiger partial charge in [-0.25, -0.2) is 0 Å².